The molecular weight excluding hydrogens is 494 g/mol. The molecule has 0 aliphatic rings. The molecule has 4 rings (SSSR count). The van der Waals surface area contributed by atoms with Crippen LogP contribution in [0.1, 0.15) is 35.7 Å². The van der Waals surface area contributed by atoms with Gasteiger partial charge in [-0.2, -0.15) is 0 Å². The smallest absolute Gasteiger partial charge is 0.260 e. The lowest BCUT2D eigenvalue weighted by Gasteiger charge is -2.21. The molecule has 4 aromatic rings. The molecule has 0 fully saturated rings. The van der Waals surface area contributed by atoms with Crippen molar-refractivity contribution < 1.29 is 17.9 Å². The highest BCUT2D eigenvalue weighted by atomic mass is 32.2. The third-order valence-electron chi connectivity index (χ3n) is 5.88. The molecule has 0 spiro atoms. The number of ether oxygens (including phenoxy) is 1. The second-order valence-electron chi connectivity index (χ2n) is 8.41. The summed E-state index contributed by atoms with van der Waals surface area (Å²) < 4.78 is 33.3. The Morgan fingerprint density at radius 1 is 1.03 bits per heavy atom. The molecule has 1 heterocycles. The molecule has 188 valence electrons. The van der Waals surface area contributed by atoms with Crippen LogP contribution in [-0.4, -0.2) is 44.3 Å². The van der Waals surface area contributed by atoms with Crippen molar-refractivity contribution >= 4 is 42.6 Å². The molecule has 0 saturated heterocycles. The predicted molar refractivity (Wildman–Crippen MR) is 144 cm³/mol. The maximum absolute atomic E-state index is 13.7. The summed E-state index contributed by atoms with van der Waals surface area (Å²) in [5, 5.41) is 0.558. The van der Waals surface area contributed by atoms with E-state index in [0.29, 0.717) is 23.8 Å². The second-order valence-corrected chi connectivity index (χ2v) is 11.5. The second kappa shape index (κ2) is 11.2. The van der Waals surface area contributed by atoms with Crippen LogP contribution < -0.4 is 9.64 Å². The molecule has 3 aromatic carbocycles. The summed E-state index contributed by atoms with van der Waals surface area (Å²) in [5.41, 5.74) is 2.12. The summed E-state index contributed by atoms with van der Waals surface area (Å²) in [6, 6.07) is 21.4. The zero-order valence-electron chi connectivity index (χ0n) is 20.5. The van der Waals surface area contributed by atoms with Gasteiger partial charge in [0.2, 0.25) is 10.0 Å². The molecule has 1 amide bonds. The molecule has 9 heteroatoms. The van der Waals surface area contributed by atoms with Gasteiger partial charge in [0.15, 0.2) is 5.13 Å². The van der Waals surface area contributed by atoms with Gasteiger partial charge in [0, 0.05) is 19.2 Å². The van der Waals surface area contributed by atoms with Crippen molar-refractivity contribution in [2.45, 2.75) is 31.2 Å². The van der Waals surface area contributed by atoms with Gasteiger partial charge in [0.1, 0.15) is 5.75 Å². The van der Waals surface area contributed by atoms with Gasteiger partial charge in [0.25, 0.3) is 5.91 Å². The first-order chi connectivity index (χ1) is 17.3. The van der Waals surface area contributed by atoms with E-state index in [2.05, 4.69) is 0 Å². The highest BCUT2D eigenvalue weighted by Crippen LogP contribution is 2.33. The van der Waals surface area contributed by atoms with E-state index < -0.39 is 10.0 Å². The quantitative estimate of drug-likeness (QED) is 0.271. The lowest BCUT2D eigenvalue weighted by Crippen LogP contribution is -2.30. The van der Waals surface area contributed by atoms with Gasteiger partial charge in [-0.25, -0.2) is 17.7 Å². The number of amides is 1. The first kappa shape index (κ1) is 25.8. The van der Waals surface area contributed by atoms with Crippen LogP contribution in [0.2, 0.25) is 0 Å². The Balaban J connectivity index is 1.66. The van der Waals surface area contributed by atoms with E-state index >= 15 is 0 Å². The Labute approximate surface area is 216 Å². The molecule has 0 atom stereocenters. The maximum Gasteiger partial charge on any atom is 0.260 e. The van der Waals surface area contributed by atoms with Crippen molar-refractivity contribution in [2.75, 3.05) is 25.6 Å². The van der Waals surface area contributed by atoms with Crippen molar-refractivity contribution in [3.8, 4) is 5.75 Å². The number of aromatic nitrogens is 1. The van der Waals surface area contributed by atoms with Crippen LogP contribution in [0.4, 0.5) is 5.13 Å². The first-order valence-corrected chi connectivity index (χ1v) is 14.0. The van der Waals surface area contributed by atoms with Crippen LogP contribution in [-0.2, 0) is 16.6 Å². The minimum absolute atomic E-state index is 0.166. The van der Waals surface area contributed by atoms with Crippen molar-refractivity contribution in [2.24, 2.45) is 0 Å². The number of nitrogens with zero attached hydrogens (tertiary/aromatic N) is 3. The first-order valence-electron chi connectivity index (χ1n) is 11.7. The molecule has 0 N–H and O–H groups in total. The Bertz CT molecular complexity index is 1440. The molecule has 0 aliphatic heterocycles. The van der Waals surface area contributed by atoms with E-state index in [9.17, 15) is 13.2 Å². The van der Waals surface area contributed by atoms with Crippen LogP contribution >= 0.6 is 11.3 Å². The van der Waals surface area contributed by atoms with E-state index in [1.165, 1.54) is 27.8 Å². The van der Waals surface area contributed by atoms with E-state index in [0.717, 1.165) is 34.4 Å². The zero-order chi connectivity index (χ0) is 25.7. The number of carbonyl (C=O) groups is 1. The van der Waals surface area contributed by atoms with Crippen molar-refractivity contribution in [1.29, 1.82) is 0 Å². The van der Waals surface area contributed by atoms with Crippen LogP contribution in [0.3, 0.4) is 0 Å². The number of rotatable bonds is 10. The fourth-order valence-electron chi connectivity index (χ4n) is 3.73. The fourth-order valence-corrected chi connectivity index (χ4v) is 5.93. The third-order valence-corrected chi connectivity index (χ3v) is 8.79. The monoisotopic (exact) mass is 523 g/mol. The molecule has 7 nitrogen and oxygen atoms in total. The highest BCUT2D eigenvalue weighted by Gasteiger charge is 2.24. The van der Waals surface area contributed by atoms with Crippen LogP contribution in [0.25, 0.3) is 10.2 Å². The number of anilines is 1. The predicted octanol–water partition coefficient (Wildman–Crippen LogP) is 5.57. The van der Waals surface area contributed by atoms with Gasteiger partial charge in [-0.15, -0.1) is 0 Å². The fraction of sp³-hybridized carbons (Fsp3) is 0.259. The number of methoxy groups -OCH3 is 1. The molecule has 0 bridgehead atoms. The minimum atomic E-state index is -3.61. The van der Waals surface area contributed by atoms with Crippen LogP contribution in [0.15, 0.2) is 77.7 Å². The number of hydrogen-bond acceptors (Lipinski definition) is 6. The number of thiazole rings is 1. The summed E-state index contributed by atoms with van der Waals surface area (Å²) in [4.78, 5) is 20.2. The molecule has 0 saturated carbocycles. The SMILES string of the molecule is CCCCN(C)S(=O)(=O)c1ccc(C(=O)N(Cc2ccccc2)c2nc3ccc(OC)cc3s2)cc1. The summed E-state index contributed by atoms with van der Waals surface area (Å²) in [5.74, 6) is 0.465. The standard InChI is InChI=1S/C27H29N3O4S2/c1-4-5-17-29(2)36(32,33)23-14-11-21(12-15-23)26(31)30(19-20-9-7-6-8-10-20)27-28-24-16-13-22(34-3)18-25(24)35-27/h6-16,18H,4-5,17,19H2,1-3H3. The Hall–Kier alpha value is -3.27. The van der Waals surface area contributed by atoms with Gasteiger partial charge in [-0.1, -0.05) is 55.0 Å². The molecular formula is C27H29N3O4S2. The molecule has 36 heavy (non-hydrogen) atoms. The van der Waals surface area contributed by atoms with Crippen molar-refractivity contribution in [3.63, 3.8) is 0 Å². The van der Waals surface area contributed by atoms with Gasteiger partial charge < -0.3 is 4.74 Å². The molecule has 0 aliphatic carbocycles. The largest absolute Gasteiger partial charge is 0.497 e. The van der Waals surface area contributed by atoms with Gasteiger partial charge in [-0.3, -0.25) is 9.69 Å². The lowest BCUT2D eigenvalue weighted by atomic mass is 10.1. The van der Waals surface area contributed by atoms with Crippen molar-refractivity contribution in [1.82, 2.24) is 9.29 Å². The molecule has 1 aromatic heterocycles. The number of sulfonamides is 1. The topological polar surface area (TPSA) is 79.8 Å². The van der Waals surface area contributed by atoms with E-state index in [4.69, 9.17) is 9.72 Å². The van der Waals surface area contributed by atoms with Gasteiger partial charge in [-0.05, 0) is 54.4 Å². The normalized spacial score (nSPS) is 11.7. The number of benzene rings is 3. The van der Waals surface area contributed by atoms with E-state index in [-0.39, 0.29) is 10.8 Å². The minimum Gasteiger partial charge on any atom is -0.497 e. The lowest BCUT2D eigenvalue weighted by molar-refractivity contribution is 0.0985. The van der Waals surface area contributed by atoms with E-state index in [1.54, 1.807) is 31.2 Å². The van der Waals surface area contributed by atoms with E-state index in [1.807, 2.05) is 55.5 Å². The zero-order valence-corrected chi connectivity index (χ0v) is 22.2. The Morgan fingerprint density at radius 2 is 1.75 bits per heavy atom. The van der Waals surface area contributed by atoms with Crippen LogP contribution in [0.5, 0.6) is 5.75 Å². The van der Waals surface area contributed by atoms with Crippen molar-refractivity contribution in [3.05, 3.63) is 83.9 Å². The van der Waals surface area contributed by atoms with Gasteiger partial charge in [0.05, 0.1) is 28.8 Å². The third kappa shape index (κ3) is 5.59. The molecule has 0 radical (unpaired) electrons. The molecule has 0 unspecified atom stereocenters. The number of unbranched alkanes of at least 4 members (excludes halogenated alkanes) is 1. The Kier molecular flexibility index (Phi) is 8.03. The highest BCUT2D eigenvalue weighted by molar-refractivity contribution is 7.89. The van der Waals surface area contributed by atoms with Crippen LogP contribution in [0, 0.1) is 0 Å². The summed E-state index contributed by atoms with van der Waals surface area (Å²) in [6.07, 6.45) is 1.69. The Morgan fingerprint density at radius 3 is 2.42 bits per heavy atom. The van der Waals surface area contributed by atoms with Gasteiger partial charge >= 0.3 is 0 Å². The summed E-state index contributed by atoms with van der Waals surface area (Å²) >= 11 is 1.41. The maximum atomic E-state index is 13.7. The average Bonchev–Trinajstić information content (AvgIpc) is 3.33. The number of carbonyl (C=O) groups excluding carboxylic acids is 1. The summed E-state index contributed by atoms with van der Waals surface area (Å²) in [7, 11) is -0.424. The summed E-state index contributed by atoms with van der Waals surface area (Å²) in [6.45, 7) is 2.80. The number of fused-ring (bicyclic) bond motifs is 1. The number of hydrogen-bond donors (Lipinski definition) is 0. The average molecular weight is 524 g/mol.